The summed E-state index contributed by atoms with van der Waals surface area (Å²) in [6.07, 6.45) is 0. The molecule has 0 bridgehead atoms. The van der Waals surface area contributed by atoms with E-state index in [0.717, 1.165) is 17.2 Å². The normalized spacial score (nSPS) is 14.1. The highest BCUT2D eigenvalue weighted by molar-refractivity contribution is 5.30. The van der Waals surface area contributed by atoms with Crippen molar-refractivity contribution in [3.8, 4) is 0 Å². The maximum atomic E-state index is 10.5. The van der Waals surface area contributed by atoms with Crippen molar-refractivity contribution >= 4 is 0 Å². The van der Waals surface area contributed by atoms with Crippen LogP contribution in [0.5, 0.6) is 0 Å². The molecule has 0 fully saturated rings. The Kier molecular flexibility index (Phi) is 3.35. The maximum Gasteiger partial charge on any atom is 0.150 e. The van der Waals surface area contributed by atoms with Crippen LogP contribution in [0.1, 0.15) is 79.5 Å². The molecule has 18 heavy (non-hydrogen) atoms. The molecule has 1 aromatic rings. The molecule has 0 aromatic carbocycles. The van der Waals surface area contributed by atoms with Gasteiger partial charge in [-0.05, 0) is 0 Å². The first-order chi connectivity index (χ1) is 7.76. The summed E-state index contributed by atoms with van der Waals surface area (Å²) in [6, 6.07) is 0. The van der Waals surface area contributed by atoms with Crippen LogP contribution in [0.2, 0.25) is 0 Å². The molecule has 3 heteroatoms. The van der Waals surface area contributed by atoms with Gasteiger partial charge in [0, 0.05) is 16.2 Å². The van der Waals surface area contributed by atoms with E-state index in [4.69, 9.17) is 4.98 Å². The van der Waals surface area contributed by atoms with Gasteiger partial charge < -0.3 is 5.21 Å². The number of imidazole rings is 1. The summed E-state index contributed by atoms with van der Waals surface area (Å²) in [5.41, 5.74) is 1.53. The molecule has 0 aliphatic heterocycles. The summed E-state index contributed by atoms with van der Waals surface area (Å²) in [7, 11) is 0. The van der Waals surface area contributed by atoms with E-state index in [1.165, 1.54) is 4.73 Å². The number of rotatable bonds is 0. The van der Waals surface area contributed by atoms with Crippen molar-refractivity contribution in [3.63, 3.8) is 0 Å². The molecule has 0 spiro atoms. The van der Waals surface area contributed by atoms with Gasteiger partial charge in [-0.15, -0.1) is 0 Å². The summed E-state index contributed by atoms with van der Waals surface area (Å²) in [6.45, 7) is 18.9. The molecule has 0 saturated carbocycles. The van der Waals surface area contributed by atoms with Crippen LogP contribution in [-0.2, 0) is 16.2 Å². The average Bonchev–Trinajstić information content (AvgIpc) is 2.39. The van der Waals surface area contributed by atoms with Crippen LogP contribution in [0.3, 0.4) is 0 Å². The van der Waals surface area contributed by atoms with Crippen LogP contribution in [0.15, 0.2) is 0 Å². The summed E-state index contributed by atoms with van der Waals surface area (Å²) < 4.78 is 1.31. The lowest BCUT2D eigenvalue weighted by atomic mass is 9.82. The molecule has 0 saturated heterocycles. The molecule has 0 unspecified atom stereocenters. The highest BCUT2D eigenvalue weighted by atomic mass is 16.5. The van der Waals surface area contributed by atoms with Gasteiger partial charge in [-0.2, -0.15) is 4.73 Å². The molecule has 0 amide bonds. The highest BCUT2D eigenvalue weighted by Gasteiger charge is 2.35. The van der Waals surface area contributed by atoms with E-state index in [9.17, 15) is 5.21 Å². The standard InChI is InChI=1S/C15H28N2O/c1-13(2,3)10-11(14(4,5)6)17(18)12(16-10)15(7,8)9/h18H,1-9H3. The van der Waals surface area contributed by atoms with Crippen molar-refractivity contribution in [2.24, 2.45) is 0 Å². The summed E-state index contributed by atoms with van der Waals surface area (Å²) >= 11 is 0. The van der Waals surface area contributed by atoms with Gasteiger partial charge in [0.2, 0.25) is 0 Å². The fraction of sp³-hybridized carbons (Fsp3) is 0.800. The quantitative estimate of drug-likeness (QED) is 0.708. The van der Waals surface area contributed by atoms with Crippen LogP contribution >= 0.6 is 0 Å². The molecule has 104 valence electrons. The van der Waals surface area contributed by atoms with Gasteiger partial charge in [0.1, 0.15) is 5.82 Å². The molecule has 1 rings (SSSR count). The third-order valence-electron chi connectivity index (χ3n) is 2.95. The summed E-state index contributed by atoms with van der Waals surface area (Å²) in [5, 5.41) is 10.5. The topological polar surface area (TPSA) is 38.0 Å². The van der Waals surface area contributed by atoms with Crippen molar-refractivity contribution in [2.75, 3.05) is 0 Å². The van der Waals surface area contributed by atoms with E-state index < -0.39 is 0 Å². The van der Waals surface area contributed by atoms with Crippen molar-refractivity contribution in [1.82, 2.24) is 9.71 Å². The minimum atomic E-state index is -0.168. The first-order valence-corrected chi connectivity index (χ1v) is 6.59. The van der Waals surface area contributed by atoms with Gasteiger partial charge in [-0.1, -0.05) is 62.3 Å². The van der Waals surface area contributed by atoms with Crippen LogP contribution < -0.4 is 0 Å². The molecule has 0 aliphatic carbocycles. The average molecular weight is 252 g/mol. The molecule has 3 nitrogen and oxygen atoms in total. The molecule has 1 heterocycles. The van der Waals surface area contributed by atoms with E-state index in [0.29, 0.717) is 0 Å². The fourth-order valence-corrected chi connectivity index (χ4v) is 2.09. The van der Waals surface area contributed by atoms with Crippen LogP contribution in [0.25, 0.3) is 0 Å². The van der Waals surface area contributed by atoms with Gasteiger partial charge in [0.05, 0.1) is 11.4 Å². The molecule has 0 radical (unpaired) electrons. The highest BCUT2D eigenvalue weighted by Crippen LogP contribution is 2.36. The first kappa shape index (κ1) is 15.1. The van der Waals surface area contributed by atoms with E-state index >= 15 is 0 Å². The zero-order valence-electron chi connectivity index (χ0n) is 13.3. The van der Waals surface area contributed by atoms with Crippen molar-refractivity contribution in [3.05, 3.63) is 17.2 Å². The van der Waals surface area contributed by atoms with E-state index in [1.807, 2.05) is 0 Å². The monoisotopic (exact) mass is 252 g/mol. The lowest BCUT2D eigenvalue weighted by Gasteiger charge is -2.25. The SMILES string of the molecule is CC(C)(C)c1nc(C(C)(C)C)n(O)c1C(C)(C)C. The third-order valence-corrected chi connectivity index (χ3v) is 2.95. The first-order valence-electron chi connectivity index (χ1n) is 6.59. The Morgan fingerprint density at radius 1 is 0.778 bits per heavy atom. The van der Waals surface area contributed by atoms with E-state index in [2.05, 4.69) is 62.3 Å². The Morgan fingerprint density at radius 2 is 1.22 bits per heavy atom. The van der Waals surface area contributed by atoms with Crippen molar-refractivity contribution in [1.29, 1.82) is 0 Å². The fourth-order valence-electron chi connectivity index (χ4n) is 2.09. The molecule has 1 N–H and O–H groups in total. The van der Waals surface area contributed by atoms with Crippen molar-refractivity contribution < 1.29 is 5.21 Å². The van der Waals surface area contributed by atoms with Crippen LogP contribution in [0, 0.1) is 0 Å². The number of nitrogens with zero attached hydrogens (tertiary/aromatic N) is 2. The largest absolute Gasteiger partial charge is 0.427 e. The van der Waals surface area contributed by atoms with Gasteiger partial charge >= 0.3 is 0 Å². The molecule has 1 aromatic heterocycles. The summed E-state index contributed by atoms with van der Waals surface area (Å²) in [4.78, 5) is 4.73. The van der Waals surface area contributed by atoms with Crippen molar-refractivity contribution in [2.45, 2.75) is 78.6 Å². The molecule has 0 aliphatic rings. The van der Waals surface area contributed by atoms with Gasteiger partial charge in [-0.3, -0.25) is 0 Å². The Bertz CT molecular complexity index is 437. The number of hydrogen-bond donors (Lipinski definition) is 1. The number of hydrogen-bond acceptors (Lipinski definition) is 2. The van der Waals surface area contributed by atoms with E-state index in [-0.39, 0.29) is 16.2 Å². The van der Waals surface area contributed by atoms with Gasteiger partial charge in [-0.25, -0.2) is 4.98 Å². The van der Waals surface area contributed by atoms with Crippen LogP contribution in [0.4, 0.5) is 0 Å². The van der Waals surface area contributed by atoms with Gasteiger partial charge in [0.15, 0.2) is 0 Å². The van der Waals surface area contributed by atoms with E-state index in [1.54, 1.807) is 0 Å². The lowest BCUT2D eigenvalue weighted by molar-refractivity contribution is 0.146. The zero-order valence-corrected chi connectivity index (χ0v) is 13.3. The van der Waals surface area contributed by atoms with Gasteiger partial charge in [0.25, 0.3) is 0 Å². The second kappa shape index (κ2) is 4.01. The predicted molar refractivity (Wildman–Crippen MR) is 75.5 cm³/mol. The Labute approximate surface area is 111 Å². The second-order valence-electron chi connectivity index (χ2n) is 8.19. The Morgan fingerprint density at radius 3 is 1.44 bits per heavy atom. The number of aromatic nitrogens is 2. The van der Waals surface area contributed by atoms with Crippen LogP contribution in [-0.4, -0.2) is 14.9 Å². The molecular formula is C15H28N2O. The smallest absolute Gasteiger partial charge is 0.150 e. The zero-order chi connectivity index (χ0) is 14.5. The molecular weight excluding hydrogens is 224 g/mol. The lowest BCUT2D eigenvalue weighted by Crippen LogP contribution is -2.25. The predicted octanol–water partition coefficient (Wildman–Crippen LogP) is 4.01. The maximum absolute atomic E-state index is 10.5. The Hall–Kier alpha value is -0.990. The summed E-state index contributed by atoms with van der Waals surface area (Å²) in [5.74, 6) is 0.734. The minimum Gasteiger partial charge on any atom is -0.427 e. The molecule has 0 atom stereocenters. The third kappa shape index (κ3) is 2.70. The minimum absolute atomic E-state index is 0.0728. The Balaban J connectivity index is 3.63. The second-order valence-corrected chi connectivity index (χ2v) is 8.19.